The van der Waals surface area contributed by atoms with E-state index < -0.39 is 0 Å². The molecule has 2 aromatic carbocycles. The van der Waals surface area contributed by atoms with Crippen LogP contribution in [0.4, 0.5) is 4.79 Å². The van der Waals surface area contributed by atoms with Gasteiger partial charge in [0.2, 0.25) is 5.75 Å². The zero-order chi connectivity index (χ0) is 21.3. The Morgan fingerprint density at radius 3 is 2.37 bits per heavy atom. The first kappa shape index (κ1) is 21.6. The summed E-state index contributed by atoms with van der Waals surface area (Å²) in [5.74, 6) is 2.70. The number of para-hydroxylation sites is 1. The van der Waals surface area contributed by atoms with Crippen molar-refractivity contribution in [1.82, 2.24) is 10.6 Å². The van der Waals surface area contributed by atoms with Crippen molar-refractivity contribution in [2.24, 2.45) is 0 Å². The summed E-state index contributed by atoms with van der Waals surface area (Å²) in [5, 5.41) is 5.88. The van der Waals surface area contributed by atoms with Crippen molar-refractivity contribution in [2.75, 3.05) is 26.4 Å². The van der Waals surface area contributed by atoms with Gasteiger partial charge >= 0.3 is 6.03 Å². The van der Waals surface area contributed by atoms with Crippen LogP contribution in [0, 0.1) is 0 Å². The van der Waals surface area contributed by atoms with Crippen LogP contribution < -0.4 is 29.6 Å². The molecule has 1 atom stereocenters. The van der Waals surface area contributed by atoms with E-state index in [0.717, 1.165) is 23.3 Å². The average Bonchev–Trinajstić information content (AvgIpc) is 2.75. The lowest BCUT2D eigenvalue weighted by Gasteiger charge is -2.26. The maximum absolute atomic E-state index is 12.4. The number of nitrogens with one attached hydrogen (secondary N) is 2. The molecule has 1 aliphatic rings. The van der Waals surface area contributed by atoms with Gasteiger partial charge < -0.3 is 29.6 Å². The fourth-order valence-electron chi connectivity index (χ4n) is 3.38. The third-order valence-corrected chi connectivity index (χ3v) is 4.64. The summed E-state index contributed by atoms with van der Waals surface area (Å²) in [6.45, 7) is 8.06. The number of carbonyl (C=O) groups is 1. The number of benzene rings is 2. The van der Waals surface area contributed by atoms with Gasteiger partial charge in [-0.3, -0.25) is 0 Å². The Morgan fingerprint density at radius 1 is 1.03 bits per heavy atom. The highest BCUT2D eigenvalue weighted by Crippen LogP contribution is 2.39. The minimum atomic E-state index is -0.243. The maximum Gasteiger partial charge on any atom is 0.315 e. The molecule has 2 amide bonds. The lowest BCUT2D eigenvalue weighted by molar-refractivity contribution is 0.214. The third kappa shape index (κ3) is 5.49. The molecular weight excluding hydrogens is 384 g/mol. The topological polar surface area (TPSA) is 78.1 Å². The van der Waals surface area contributed by atoms with E-state index in [-0.39, 0.29) is 12.1 Å². The quantitative estimate of drug-likeness (QED) is 0.654. The summed E-state index contributed by atoms with van der Waals surface area (Å²) in [4.78, 5) is 12.4. The molecule has 0 fully saturated rings. The van der Waals surface area contributed by atoms with E-state index >= 15 is 0 Å². The molecule has 0 aromatic heterocycles. The second-order valence-corrected chi connectivity index (χ2v) is 6.87. The van der Waals surface area contributed by atoms with Gasteiger partial charge in [0, 0.05) is 6.54 Å². The van der Waals surface area contributed by atoms with E-state index in [4.69, 9.17) is 18.9 Å². The molecule has 2 N–H and O–H groups in total. The highest BCUT2D eigenvalue weighted by Gasteiger charge is 2.21. The van der Waals surface area contributed by atoms with Crippen LogP contribution in [0.3, 0.4) is 0 Å². The number of ether oxygens (including phenoxy) is 4. The molecular formula is C23H30N2O5. The maximum atomic E-state index is 12.4. The molecule has 7 nitrogen and oxygen atoms in total. The summed E-state index contributed by atoms with van der Waals surface area (Å²) >= 11 is 0. The van der Waals surface area contributed by atoms with Gasteiger partial charge in [-0.15, -0.1) is 0 Å². The lowest BCUT2D eigenvalue weighted by atomic mass is 10.0. The van der Waals surface area contributed by atoms with E-state index in [2.05, 4.69) is 10.6 Å². The van der Waals surface area contributed by atoms with Gasteiger partial charge in [0.15, 0.2) is 11.5 Å². The van der Waals surface area contributed by atoms with E-state index in [0.29, 0.717) is 50.2 Å². The van der Waals surface area contributed by atoms with Crippen LogP contribution in [0.25, 0.3) is 0 Å². The summed E-state index contributed by atoms with van der Waals surface area (Å²) in [6.07, 6.45) is 0.746. The normalized spacial score (nSPS) is 14.8. The fraction of sp³-hybridized carbons (Fsp3) is 0.435. The summed E-state index contributed by atoms with van der Waals surface area (Å²) in [6, 6.07) is 11.3. The smallest absolute Gasteiger partial charge is 0.315 e. The molecule has 0 unspecified atom stereocenters. The number of hydrogen-bond donors (Lipinski definition) is 2. The summed E-state index contributed by atoms with van der Waals surface area (Å²) in [5.41, 5.74) is 1.97. The lowest BCUT2D eigenvalue weighted by Crippen LogP contribution is -2.47. The minimum absolute atomic E-state index is 0.0711. The van der Waals surface area contributed by atoms with Crippen molar-refractivity contribution in [1.29, 1.82) is 0 Å². The number of hydrogen-bond acceptors (Lipinski definition) is 5. The second-order valence-electron chi connectivity index (χ2n) is 6.87. The number of fused-ring (bicyclic) bond motifs is 1. The number of urea groups is 1. The highest BCUT2D eigenvalue weighted by atomic mass is 16.5. The largest absolute Gasteiger partial charge is 0.491 e. The number of carbonyl (C=O) groups excluding carboxylic acids is 1. The van der Waals surface area contributed by atoms with Crippen LogP contribution in [0.1, 0.15) is 31.9 Å². The fourth-order valence-corrected chi connectivity index (χ4v) is 3.38. The second kappa shape index (κ2) is 10.6. The SMILES string of the molecule is CCOc1cc(CNC(=O)N[C@@H]2COc3ccccc3C2)cc(OCC)c1OCC. The Balaban J connectivity index is 1.62. The van der Waals surface area contributed by atoms with Gasteiger partial charge in [-0.25, -0.2) is 4.79 Å². The first-order valence-corrected chi connectivity index (χ1v) is 10.4. The van der Waals surface area contributed by atoms with E-state index in [1.165, 1.54) is 0 Å². The van der Waals surface area contributed by atoms with Crippen LogP contribution in [0.15, 0.2) is 36.4 Å². The Hall–Kier alpha value is -3.09. The molecule has 1 aliphatic heterocycles. The molecule has 2 aromatic rings. The van der Waals surface area contributed by atoms with Crippen LogP contribution >= 0.6 is 0 Å². The summed E-state index contributed by atoms with van der Waals surface area (Å²) < 4.78 is 22.9. The zero-order valence-electron chi connectivity index (χ0n) is 17.8. The zero-order valence-corrected chi connectivity index (χ0v) is 17.8. The Kier molecular flexibility index (Phi) is 7.65. The molecule has 0 spiro atoms. The molecule has 30 heavy (non-hydrogen) atoms. The van der Waals surface area contributed by atoms with E-state index in [1.54, 1.807) is 0 Å². The monoisotopic (exact) mass is 414 g/mol. The van der Waals surface area contributed by atoms with Gasteiger partial charge in [0.25, 0.3) is 0 Å². The van der Waals surface area contributed by atoms with Gasteiger partial charge in [-0.05, 0) is 56.5 Å². The summed E-state index contributed by atoms with van der Waals surface area (Å²) in [7, 11) is 0. The van der Waals surface area contributed by atoms with Gasteiger partial charge in [-0.2, -0.15) is 0 Å². The molecule has 7 heteroatoms. The van der Waals surface area contributed by atoms with Crippen LogP contribution in [-0.2, 0) is 13.0 Å². The van der Waals surface area contributed by atoms with Crippen molar-refractivity contribution in [3.8, 4) is 23.0 Å². The van der Waals surface area contributed by atoms with Crippen molar-refractivity contribution in [3.05, 3.63) is 47.5 Å². The Labute approximate surface area is 177 Å². The highest BCUT2D eigenvalue weighted by molar-refractivity contribution is 5.74. The van der Waals surface area contributed by atoms with E-state index in [1.807, 2.05) is 57.2 Å². The molecule has 0 aliphatic carbocycles. The molecule has 0 radical (unpaired) electrons. The minimum Gasteiger partial charge on any atom is -0.491 e. The van der Waals surface area contributed by atoms with E-state index in [9.17, 15) is 4.79 Å². The average molecular weight is 415 g/mol. The molecule has 0 saturated carbocycles. The van der Waals surface area contributed by atoms with Crippen LogP contribution in [0.5, 0.6) is 23.0 Å². The van der Waals surface area contributed by atoms with Gasteiger partial charge in [-0.1, -0.05) is 18.2 Å². The van der Waals surface area contributed by atoms with Crippen molar-refractivity contribution < 1.29 is 23.7 Å². The molecule has 1 heterocycles. The molecule has 0 saturated heterocycles. The number of rotatable bonds is 9. The van der Waals surface area contributed by atoms with Crippen LogP contribution in [-0.4, -0.2) is 38.5 Å². The third-order valence-electron chi connectivity index (χ3n) is 4.64. The Bertz CT molecular complexity index is 828. The van der Waals surface area contributed by atoms with Crippen molar-refractivity contribution in [2.45, 2.75) is 39.8 Å². The predicted octanol–water partition coefficient (Wildman–Crippen LogP) is 3.69. The first-order valence-electron chi connectivity index (χ1n) is 10.4. The first-order chi connectivity index (χ1) is 14.6. The number of amides is 2. The molecule has 3 rings (SSSR count). The van der Waals surface area contributed by atoms with Crippen molar-refractivity contribution >= 4 is 6.03 Å². The van der Waals surface area contributed by atoms with Gasteiger partial charge in [0.05, 0.1) is 25.9 Å². The molecule has 0 bridgehead atoms. The predicted molar refractivity (Wildman–Crippen MR) is 115 cm³/mol. The molecule has 162 valence electrons. The van der Waals surface area contributed by atoms with Crippen molar-refractivity contribution in [3.63, 3.8) is 0 Å². The standard InChI is InChI=1S/C23H30N2O5/c1-4-27-20-11-16(12-21(28-5-2)22(20)29-6-3)14-24-23(26)25-18-13-17-9-7-8-10-19(17)30-15-18/h7-12,18H,4-6,13-15H2,1-3H3,(H2,24,25,26)/t18-/m0/s1. The van der Waals surface area contributed by atoms with Gasteiger partial charge in [0.1, 0.15) is 12.4 Å². The van der Waals surface area contributed by atoms with Crippen LogP contribution in [0.2, 0.25) is 0 Å². The Morgan fingerprint density at radius 2 is 1.70 bits per heavy atom.